The van der Waals surface area contributed by atoms with Crippen LogP contribution in [-0.4, -0.2) is 28.7 Å². The quantitative estimate of drug-likeness (QED) is 0.515. The molecule has 2 aromatic carbocycles. The molecule has 33 heavy (non-hydrogen) atoms. The minimum absolute atomic E-state index is 0.214. The number of anilines is 1. The molecule has 1 unspecified atom stereocenters. The number of carbonyl (C=O) groups excluding carboxylic acids is 2. The predicted molar refractivity (Wildman–Crippen MR) is 125 cm³/mol. The zero-order valence-corrected chi connectivity index (χ0v) is 18.5. The number of primary amides is 1. The van der Waals surface area contributed by atoms with Gasteiger partial charge < -0.3 is 21.5 Å². The minimum Gasteiger partial charge on any atom is -0.496 e. The number of hydrogen-bond donors (Lipinski definition) is 3. The van der Waals surface area contributed by atoms with E-state index in [4.69, 9.17) is 21.3 Å². The largest absolute Gasteiger partial charge is 0.496 e. The molecule has 5 N–H and O–H groups in total. The summed E-state index contributed by atoms with van der Waals surface area (Å²) in [4.78, 5) is 24.7. The maximum absolute atomic E-state index is 12.5. The Morgan fingerprint density at radius 2 is 1.79 bits per heavy atom. The molecule has 0 aliphatic heterocycles. The number of nitrogen functional groups attached to an aromatic ring is 1. The van der Waals surface area contributed by atoms with E-state index in [1.165, 1.54) is 13.5 Å². The van der Waals surface area contributed by atoms with Gasteiger partial charge in [0.25, 0.3) is 11.8 Å². The molecule has 2 aliphatic rings. The molecule has 3 aromatic rings. The summed E-state index contributed by atoms with van der Waals surface area (Å²) in [5.74, 6) is 1.61. The molecule has 2 amide bonds. The van der Waals surface area contributed by atoms with E-state index in [1.807, 2.05) is 30.3 Å². The average molecular weight is 446 g/mol. The second-order valence-corrected chi connectivity index (χ2v) is 8.88. The molecule has 0 spiro atoms. The molecule has 2 fully saturated rings. The molecule has 5 rings (SSSR count). The van der Waals surface area contributed by atoms with Crippen molar-refractivity contribution in [1.29, 1.82) is 0 Å². The number of rotatable bonds is 7. The number of para-hydroxylation sites is 1. The van der Waals surface area contributed by atoms with Gasteiger partial charge >= 0.3 is 0 Å². The summed E-state index contributed by atoms with van der Waals surface area (Å²) in [6.07, 6.45) is 3.40. The van der Waals surface area contributed by atoms with Gasteiger partial charge in [-0.3, -0.25) is 9.59 Å². The average Bonchev–Trinajstić information content (AvgIpc) is 3.27. The molecule has 2 saturated carbocycles. The van der Waals surface area contributed by atoms with Gasteiger partial charge in [0.2, 0.25) is 0 Å². The zero-order chi connectivity index (χ0) is 23.1. The number of benzene rings is 2. The molecular weight excluding hydrogens is 418 g/mol. The highest BCUT2D eigenvalue weighted by Gasteiger charge is 2.47. The van der Waals surface area contributed by atoms with E-state index in [1.54, 1.807) is 22.9 Å². The Labute approximate surface area is 191 Å². The van der Waals surface area contributed by atoms with Crippen molar-refractivity contribution in [2.24, 2.45) is 17.6 Å². The number of nitrogens with two attached hydrogens (primary N) is 2. The molecule has 8 heteroatoms. The van der Waals surface area contributed by atoms with Crippen LogP contribution in [0.5, 0.6) is 5.75 Å². The molecule has 3 atom stereocenters. The predicted octanol–water partition coefficient (Wildman–Crippen LogP) is 3.14. The first-order valence-electron chi connectivity index (χ1n) is 11.1. The first-order chi connectivity index (χ1) is 16.0. The molecule has 0 radical (unpaired) electrons. The van der Waals surface area contributed by atoms with Crippen molar-refractivity contribution < 1.29 is 14.3 Å². The number of carbonyl (C=O) groups is 2. The summed E-state index contributed by atoms with van der Waals surface area (Å²) in [6.45, 7) is 0.348. The summed E-state index contributed by atoms with van der Waals surface area (Å²) < 4.78 is 7.05. The smallest absolute Gasteiger partial charge is 0.255 e. The summed E-state index contributed by atoms with van der Waals surface area (Å²) in [6, 6.07) is 14.8. The number of amides is 2. The second kappa shape index (κ2) is 8.27. The molecule has 0 saturated heterocycles. The fourth-order valence-electron chi connectivity index (χ4n) is 4.94. The number of nitrogens with zero attached hydrogens (tertiary/aromatic N) is 2. The fraction of sp³-hybridized carbons (Fsp3) is 0.320. The van der Waals surface area contributed by atoms with Gasteiger partial charge in [-0.15, -0.1) is 0 Å². The van der Waals surface area contributed by atoms with Gasteiger partial charge in [-0.1, -0.05) is 36.4 Å². The molecule has 8 nitrogen and oxygen atoms in total. The summed E-state index contributed by atoms with van der Waals surface area (Å²) in [5, 5.41) is 7.61. The van der Waals surface area contributed by atoms with Crippen LogP contribution in [0, 0.1) is 11.8 Å². The zero-order valence-electron chi connectivity index (χ0n) is 18.5. The number of hydrogen-bond acceptors (Lipinski definition) is 5. The molecule has 2 aliphatic carbocycles. The van der Waals surface area contributed by atoms with Gasteiger partial charge in [0.05, 0.1) is 18.7 Å². The van der Waals surface area contributed by atoms with Gasteiger partial charge in [0.1, 0.15) is 22.8 Å². The topological polar surface area (TPSA) is 125 Å². The molecule has 0 bridgehead atoms. The number of nitrogens with one attached hydrogen (secondary N) is 1. The Kier molecular flexibility index (Phi) is 5.28. The van der Waals surface area contributed by atoms with Crippen LogP contribution >= 0.6 is 0 Å². The minimum atomic E-state index is -0.579. The lowest BCUT2D eigenvalue weighted by Crippen LogP contribution is -2.23. The number of methoxy groups -OCH3 is 1. The van der Waals surface area contributed by atoms with Crippen molar-refractivity contribution in [3.63, 3.8) is 0 Å². The lowest BCUT2D eigenvalue weighted by Gasteiger charge is -2.14. The van der Waals surface area contributed by atoms with E-state index in [-0.39, 0.29) is 17.5 Å². The van der Waals surface area contributed by atoms with E-state index >= 15 is 0 Å². The maximum Gasteiger partial charge on any atom is 0.255 e. The number of aromatic nitrogens is 2. The highest BCUT2D eigenvalue weighted by atomic mass is 16.5. The van der Waals surface area contributed by atoms with Crippen LogP contribution < -0.4 is 21.5 Å². The van der Waals surface area contributed by atoms with Crippen LogP contribution in [0.25, 0.3) is 11.3 Å². The highest BCUT2D eigenvalue weighted by molar-refractivity contribution is 6.03. The summed E-state index contributed by atoms with van der Waals surface area (Å²) >= 11 is 0. The van der Waals surface area contributed by atoms with E-state index in [2.05, 4.69) is 5.32 Å². The third-order valence-electron chi connectivity index (χ3n) is 6.79. The van der Waals surface area contributed by atoms with Gasteiger partial charge in [-0.2, -0.15) is 5.10 Å². The Balaban J connectivity index is 1.33. The van der Waals surface area contributed by atoms with Crippen LogP contribution in [0.3, 0.4) is 0 Å². The molecule has 170 valence electrons. The number of fused-ring (bicyclic) bond motifs is 1. The van der Waals surface area contributed by atoms with Crippen LogP contribution in [0.1, 0.15) is 51.6 Å². The van der Waals surface area contributed by atoms with E-state index in [0.717, 1.165) is 35.8 Å². The van der Waals surface area contributed by atoms with Crippen molar-refractivity contribution in [2.75, 3.05) is 12.8 Å². The van der Waals surface area contributed by atoms with Crippen LogP contribution in [-0.2, 0) is 6.54 Å². The number of ether oxygens (including phenoxy) is 1. The SMILES string of the molecule is COc1ccccc1C(=O)NCc1ccc(-c2nn(C3C[C@@H]4C[C@@H]4C3)c(N)c2C(N)=O)cc1. The van der Waals surface area contributed by atoms with Gasteiger partial charge in [0.15, 0.2) is 0 Å². The highest BCUT2D eigenvalue weighted by Crippen LogP contribution is 2.56. The molecule has 1 heterocycles. The van der Waals surface area contributed by atoms with Crippen LogP contribution in [0.4, 0.5) is 5.82 Å². The lowest BCUT2D eigenvalue weighted by molar-refractivity contribution is 0.0946. The van der Waals surface area contributed by atoms with Crippen molar-refractivity contribution in [3.8, 4) is 17.0 Å². The van der Waals surface area contributed by atoms with Crippen molar-refractivity contribution >= 4 is 17.6 Å². The third-order valence-corrected chi connectivity index (χ3v) is 6.79. The van der Waals surface area contributed by atoms with E-state index in [0.29, 0.717) is 29.4 Å². The normalized spacial score (nSPS) is 20.8. The van der Waals surface area contributed by atoms with Crippen molar-refractivity contribution in [3.05, 3.63) is 65.2 Å². The lowest BCUT2D eigenvalue weighted by atomic mass is 10.0. The van der Waals surface area contributed by atoms with Crippen LogP contribution in [0.2, 0.25) is 0 Å². The Morgan fingerprint density at radius 1 is 1.09 bits per heavy atom. The first kappa shape index (κ1) is 21.1. The Bertz CT molecular complexity index is 1210. The van der Waals surface area contributed by atoms with Gasteiger partial charge in [-0.25, -0.2) is 4.68 Å². The molecule has 1 aromatic heterocycles. The van der Waals surface area contributed by atoms with Gasteiger partial charge in [0, 0.05) is 12.1 Å². The van der Waals surface area contributed by atoms with Crippen molar-refractivity contribution in [2.45, 2.75) is 31.8 Å². The van der Waals surface area contributed by atoms with E-state index in [9.17, 15) is 9.59 Å². The van der Waals surface area contributed by atoms with Crippen LogP contribution in [0.15, 0.2) is 48.5 Å². The first-order valence-corrected chi connectivity index (χ1v) is 11.1. The maximum atomic E-state index is 12.5. The fourth-order valence-corrected chi connectivity index (χ4v) is 4.94. The third kappa shape index (κ3) is 3.92. The second-order valence-electron chi connectivity index (χ2n) is 8.88. The molecular formula is C25H27N5O3. The van der Waals surface area contributed by atoms with Crippen molar-refractivity contribution in [1.82, 2.24) is 15.1 Å². The summed E-state index contributed by atoms with van der Waals surface area (Å²) in [7, 11) is 1.54. The van der Waals surface area contributed by atoms with E-state index < -0.39 is 5.91 Å². The Morgan fingerprint density at radius 3 is 2.45 bits per heavy atom. The summed E-state index contributed by atoms with van der Waals surface area (Å²) in [5.41, 5.74) is 14.9. The Hall–Kier alpha value is -3.81. The standard InChI is InChI=1S/C25H27N5O3/c1-33-20-5-3-2-4-19(20)25(32)28-13-14-6-8-15(9-7-14)22-21(24(27)31)23(26)30(29-22)18-11-16-10-17(16)12-18/h2-9,16-18H,10-13,26H2,1H3,(H2,27,31)(H,28,32)/t16-,17+,18?. The van der Waals surface area contributed by atoms with Gasteiger partial charge in [-0.05, 0) is 48.8 Å². The monoisotopic (exact) mass is 445 g/mol.